The third-order valence-corrected chi connectivity index (χ3v) is 4.22. The number of oxime groups is 1. The zero-order chi connectivity index (χ0) is 16.6. The summed E-state index contributed by atoms with van der Waals surface area (Å²) in [7, 11) is 1.62. The van der Waals surface area contributed by atoms with E-state index in [9.17, 15) is 0 Å². The minimum atomic E-state index is 0.829. The maximum Gasteiger partial charge on any atom is 0.128 e. The first kappa shape index (κ1) is 16.5. The Bertz CT molecular complexity index is 637. The molecule has 2 aromatic rings. The van der Waals surface area contributed by atoms with Crippen LogP contribution in [0.4, 0.5) is 5.82 Å². The number of hydrogen-bond donors (Lipinski definition) is 0. The zero-order valence-electron chi connectivity index (χ0n) is 14.1. The fraction of sp³-hybridized carbons (Fsp3) is 0.368. The monoisotopic (exact) mass is 324 g/mol. The van der Waals surface area contributed by atoms with E-state index in [1.165, 1.54) is 5.56 Å². The summed E-state index contributed by atoms with van der Waals surface area (Å²) in [5.41, 5.74) is 2.33. The number of nitrogens with zero attached hydrogens (tertiary/aromatic N) is 4. The van der Waals surface area contributed by atoms with E-state index in [4.69, 9.17) is 4.84 Å². The van der Waals surface area contributed by atoms with Gasteiger partial charge in [0, 0.05) is 45.3 Å². The van der Waals surface area contributed by atoms with Crippen LogP contribution in [0.2, 0.25) is 0 Å². The molecule has 1 aliphatic rings. The smallest absolute Gasteiger partial charge is 0.128 e. The van der Waals surface area contributed by atoms with Crippen molar-refractivity contribution in [1.29, 1.82) is 0 Å². The highest BCUT2D eigenvalue weighted by molar-refractivity contribution is 5.88. The quantitative estimate of drug-likeness (QED) is 0.604. The molecule has 0 spiro atoms. The number of aromatic nitrogens is 1. The van der Waals surface area contributed by atoms with Crippen LogP contribution in [-0.2, 0) is 11.3 Å². The summed E-state index contributed by atoms with van der Waals surface area (Å²) in [5.74, 6) is 1.06. The average molecular weight is 324 g/mol. The van der Waals surface area contributed by atoms with Crippen LogP contribution in [0, 0.1) is 0 Å². The number of piperazine rings is 1. The lowest BCUT2D eigenvalue weighted by molar-refractivity contribution is 0.208. The second-order valence-electron chi connectivity index (χ2n) is 5.95. The molecule has 1 saturated heterocycles. The molecule has 1 aromatic heterocycles. The Morgan fingerprint density at radius 2 is 1.79 bits per heavy atom. The molecule has 0 atom stereocenters. The van der Waals surface area contributed by atoms with E-state index in [1.54, 1.807) is 7.11 Å². The second-order valence-corrected chi connectivity index (χ2v) is 5.95. The lowest BCUT2D eigenvalue weighted by Crippen LogP contribution is -2.48. The van der Waals surface area contributed by atoms with Gasteiger partial charge in [-0.05, 0) is 17.7 Å². The number of pyridine rings is 1. The maximum absolute atomic E-state index is 5.05. The van der Waals surface area contributed by atoms with Crippen LogP contribution in [0.1, 0.15) is 5.56 Å². The molecule has 0 aliphatic carbocycles. The van der Waals surface area contributed by atoms with Crippen LogP contribution in [0.15, 0.2) is 59.9 Å². The van der Waals surface area contributed by atoms with E-state index in [-0.39, 0.29) is 0 Å². The van der Waals surface area contributed by atoms with Gasteiger partial charge >= 0.3 is 0 Å². The summed E-state index contributed by atoms with van der Waals surface area (Å²) in [6, 6.07) is 16.5. The third-order valence-electron chi connectivity index (χ3n) is 4.22. The van der Waals surface area contributed by atoms with Crippen molar-refractivity contribution in [2.24, 2.45) is 5.16 Å². The van der Waals surface area contributed by atoms with E-state index in [1.807, 2.05) is 24.4 Å². The predicted octanol–water partition coefficient (Wildman–Crippen LogP) is 2.45. The van der Waals surface area contributed by atoms with E-state index in [2.05, 4.69) is 50.3 Å². The standard InChI is InChI=1S/C19H24N4O/c1-24-21-18(15-17-7-3-2-4-8-17)16-22-11-13-23(14-12-22)19-9-5-6-10-20-19/h2-10H,11-16H2,1H3. The molecule has 0 radical (unpaired) electrons. The highest BCUT2D eigenvalue weighted by Gasteiger charge is 2.19. The molecule has 0 saturated carbocycles. The molecule has 0 bridgehead atoms. The molecule has 0 N–H and O–H groups in total. The van der Waals surface area contributed by atoms with Gasteiger partial charge in [-0.2, -0.15) is 0 Å². The first-order valence-corrected chi connectivity index (χ1v) is 8.36. The average Bonchev–Trinajstić information content (AvgIpc) is 2.64. The number of hydrogen-bond acceptors (Lipinski definition) is 5. The largest absolute Gasteiger partial charge is 0.399 e. The van der Waals surface area contributed by atoms with Gasteiger partial charge in [0.05, 0.1) is 5.71 Å². The molecule has 5 heteroatoms. The van der Waals surface area contributed by atoms with Gasteiger partial charge < -0.3 is 9.74 Å². The molecule has 2 heterocycles. The van der Waals surface area contributed by atoms with Crippen molar-refractivity contribution in [3.8, 4) is 0 Å². The minimum absolute atomic E-state index is 0.829. The summed E-state index contributed by atoms with van der Waals surface area (Å²) in [6.45, 7) is 4.84. The molecule has 5 nitrogen and oxygen atoms in total. The van der Waals surface area contributed by atoms with Crippen molar-refractivity contribution in [3.63, 3.8) is 0 Å². The van der Waals surface area contributed by atoms with Gasteiger partial charge in [0.15, 0.2) is 0 Å². The summed E-state index contributed by atoms with van der Waals surface area (Å²) < 4.78 is 0. The van der Waals surface area contributed by atoms with Gasteiger partial charge in [-0.1, -0.05) is 41.6 Å². The van der Waals surface area contributed by atoms with Gasteiger partial charge in [-0.3, -0.25) is 4.90 Å². The number of anilines is 1. The van der Waals surface area contributed by atoms with Crippen LogP contribution in [-0.4, -0.2) is 55.4 Å². The van der Waals surface area contributed by atoms with Gasteiger partial charge in [-0.25, -0.2) is 4.98 Å². The predicted molar refractivity (Wildman–Crippen MR) is 97.5 cm³/mol. The molecular formula is C19H24N4O. The van der Waals surface area contributed by atoms with Crippen LogP contribution >= 0.6 is 0 Å². The lowest BCUT2D eigenvalue weighted by Gasteiger charge is -2.35. The molecule has 1 fully saturated rings. The third kappa shape index (κ3) is 4.55. The second kappa shape index (κ2) is 8.45. The highest BCUT2D eigenvalue weighted by Crippen LogP contribution is 2.13. The molecule has 126 valence electrons. The van der Waals surface area contributed by atoms with Crippen molar-refractivity contribution in [2.75, 3.05) is 44.7 Å². The van der Waals surface area contributed by atoms with Crippen LogP contribution in [0.3, 0.4) is 0 Å². The Morgan fingerprint density at radius 3 is 2.46 bits per heavy atom. The van der Waals surface area contributed by atoms with Crippen LogP contribution in [0.25, 0.3) is 0 Å². The van der Waals surface area contributed by atoms with Crippen molar-refractivity contribution < 1.29 is 4.84 Å². The first-order valence-electron chi connectivity index (χ1n) is 8.36. The molecule has 0 amide bonds. The molecule has 0 unspecified atom stereocenters. The Balaban J connectivity index is 1.54. The molecule has 24 heavy (non-hydrogen) atoms. The van der Waals surface area contributed by atoms with E-state index in [0.717, 1.165) is 50.7 Å². The van der Waals surface area contributed by atoms with Gasteiger partial charge in [0.25, 0.3) is 0 Å². The highest BCUT2D eigenvalue weighted by atomic mass is 16.6. The van der Waals surface area contributed by atoms with E-state index in [0.29, 0.717) is 0 Å². The maximum atomic E-state index is 5.05. The van der Waals surface area contributed by atoms with Crippen molar-refractivity contribution in [3.05, 3.63) is 60.3 Å². The van der Waals surface area contributed by atoms with E-state index >= 15 is 0 Å². The van der Waals surface area contributed by atoms with Crippen LogP contribution < -0.4 is 4.90 Å². The molecule has 1 aliphatic heterocycles. The fourth-order valence-corrected chi connectivity index (χ4v) is 3.01. The summed E-state index contributed by atoms with van der Waals surface area (Å²) in [6.07, 6.45) is 2.68. The minimum Gasteiger partial charge on any atom is -0.399 e. The first-order chi connectivity index (χ1) is 11.8. The van der Waals surface area contributed by atoms with Crippen molar-refractivity contribution >= 4 is 11.5 Å². The number of rotatable bonds is 6. The molecule has 3 rings (SSSR count). The normalized spacial score (nSPS) is 16.2. The molecular weight excluding hydrogens is 300 g/mol. The Kier molecular flexibility index (Phi) is 5.80. The Hall–Kier alpha value is -2.40. The lowest BCUT2D eigenvalue weighted by atomic mass is 10.1. The SMILES string of the molecule is CON=C(Cc1ccccc1)CN1CCN(c2ccccn2)CC1. The summed E-state index contributed by atoms with van der Waals surface area (Å²) in [4.78, 5) is 14.3. The Labute approximate surface area is 143 Å². The van der Waals surface area contributed by atoms with Gasteiger partial charge in [0.2, 0.25) is 0 Å². The van der Waals surface area contributed by atoms with Gasteiger partial charge in [-0.15, -0.1) is 0 Å². The zero-order valence-corrected chi connectivity index (χ0v) is 14.1. The topological polar surface area (TPSA) is 41.0 Å². The summed E-state index contributed by atoms with van der Waals surface area (Å²) >= 11 is 0. The van der Waals surface area contributed by atoms with Gasteiger partial charge in [0.1, 0.15) is 12.9 Å². The van der Waals surface area contributed by atoms with Crippen LogP contribution in [0.5, 0.6) is 0 Å². The fourth-order valence-electron chi connectivity index (χ4n) is 3.01. The number of benzene rings is 1. The van der Waals surface area contributed by atoms with Crippen molar-refractivity contribution in [1.82, 2.24) is 9.88 Å². The van der Waals surface area contributed by atoms with Crippen molar-refractivity contribution in [2.45, 2.75) is 6.42 Å². The molecule has 1 aromatic carbocycles. The Morgan fingerprint density at radius 1 is 1.04 bits per heavy atom. The summed E-state index contributed by atoms with van der Waals surface area (Å²) in [5, 5.41) is 4.24. The van der Waals surface area contributed by atoms with E-state index < -0.39 is 0 Å².